The van der Waals surface area contributed by atoms with E-state index >= 15 is 0 Å². The minimum atomic E-state index is -0.162. The minimum absolute atomic E-state index is 0.102. The molecule has 1 unspecified atom stereocenters. The molecule has 11 aromatic carbocycles. The van der Waals surface area contributed by atoms with Gasteiger partial charge in [-0.2, -0.15) is 0 Å². The van der Waals surface area contributed by atoms with Gasteiger partial charge in [-0.15, -0.1) is 0 Å². The first kappa shape index (κ1) is 52.6. The fourth-order valence-corrected chi connectivity index (χ4v) is 14.3. The molecule has 16 rings (SSSR count). The molecule has 0 amide bonds. The lowest BCUT2D eigenvalue weighted by atomic mass is 9.31. The van der Waals surface area contributed by atoms with Crippen LogP contribution in [0.4, 0.5) is 79.6 Å². The van der Waals surface area contributed by atoms with Gasteiger partial charge in [0.1, 0.15) is 0 Å². The maximum atomic E-state index is 5.18. The predicted octanol–water partition coefficient (Wildman–Crippen LogP) is 17.4. The number of benzene rings is 11. The fourth-order valence-electron chi connectivity index (χ4n) is 14.3. The van der Waals surface area contributed by atoms with Crippen LogP contribution in [0.1, 0.15) is 13.3 Å². The molecule has 0 saturated heterocycles. The van der Waals surface area contributed by atoms with E-state index in [0.29, 0.717) is 12.2 Å². The van der Waals surface area contributed by atoms with Crippen LogP contribution in [0.3, 0.4) is 0 Å². The standard InChI is InChI=1S/C80H62B2N6/c1-57-46-48-66(49-47-57)85(62-34-16-6-17-35-62)68-52-78-80-79(53-68)88(65-40-22-9-23-41-65)77-55-76-72(54-73(77)82(80)71-43-25-27-45-75(71)87(78)64-38-20-8-21-39-64)81-56-69(86(63-36-18-7-19-37-63)74-44-26-24-42-70(74)81)51-67(50-58(2)83(76)59-28-10-3-11-29-59)84(60-30-12-4-13-31-60)61-32-14-5-15-33-61/h3-46,48-55,57H,2,47,56H2,1H3/b67-50+,69-51+. The Morgan fingerprint density at radius 2 is 0.807 bits per heavy atom. The summed E-state index contributed by atoms with van der Waals surface area (Å²) >= 11 is 0. The van der Waals surface area contributed by atoms with E-state index in [1.54, 1.807) is 0 Å². The van der Waals surface area contributed by atoms with E-state index in [-0.39, 0.29) is 13.4 Å². The number of nitrogens with zero attached hydrogens (tertiary/aromatic N) is 6. The van der Waals surface area contributed by atoms with E-state index < -0.39 is 0 Å². The Labute approximate surface area is 517 Å². The van der Waals surface area contributed by atoms with Crippen molar-refractivity contribution in [2.24, 2.45) is 5.92 Å². The highest BCUT2D eigenvalue weighted by molar-refractivity contribution is 7.01. The SMILES string of the molecule is C=C1/C=C(N(c2ccccc2)c2ccccc2)\C=C2/CB(c3cc4c(cc3N1c1ccccc1)N(c1ccccc1)c1cc(N(C3=CCC(C)C=C3)c3ccccc3)cc3c1B4c1ccccc1N3c1ccccc1)c1ccccc1N2c1ccccc1. The summed E-state index contributed by atoms with van der Waals surface area (Å²) in [6, 6.07) is 105. The normalized spacial score (nSPS) is 16.6. The summed E-state index contributed by atoms with van der Waals surface area (Å²) in [5, 5.41) is 0. The molecule has 0 N–H and O–H groups in total. The first-order valence-electron chi connectivity index (χ1n) is 30.7. The molecule has 5 aliphatic rings. The molecule has 4 heterocycles. The Morgan fingerprint density at radius 1 is 0.375 bits per heavy atom. The number of hydrogen-bond donors (Lipinski definition) is 0. The summed E-state index contributed by atoms with van der Waals surface area (Å²) in [4.78, 5) is 14.9. The third-order valence-corrected chi connectivity index (χ3v) is 18.1. The molecular weight excluding hydrogens is 1070 g/mol. The van der Waals surface area contributed by atoms with E-state index in [0.717, 1.165) is 103 Å². The molecule has 8 heteroatoms. The zero-order valence-corrected chi connectivity index (χ0v) is 49.1. The molecule has 2 bridgehead atoms. The second-order valence-electron chi connectivity index (χ2n) is 23.4. The summed E-state index contributed by atoms with van der Waals surface area (Å²) in [7, 11) is 0. The average molecular weight is 1130 g/mol. The highest BCUT2D eigenvalue weighted by Gasteiger charge is 2.46. The number of anilines is 14. The van der Waals surface area contributed by atoms with Crippen LogP contribution in [0.2, 0.25) is 6.32 Å². The van der Waals surface area contributed by atoms with E-state index in [1.165, 1.54) is 33.0 Å². The van der Waals surface area contributed by atoms with Gasteiger partial charge in [0.15, 0.2) is 0 Å². The number of fused-ring (bicyclic) bond motifs is 10. The van der Waals surface area contributed by atoms with Gasteiger partial charge < -0.3 is 29.4 Å². The number of hydrogen-bond acceptors (Lipinski definition) is 6. The van der Waals surface area contributed by atoms with Gasteiger partial charge >= 0.3 is 0 Å². The van der Waals surface area contributed by atoms with Crippen LogP contribution in [0.5, 0.6) is 0 Å². The Hall–Kier alpha value is -11.0. The highest BCUT2D eigenvalue weighted by atomic mass is 15.2. The van der Waals surface area contributed by atoms with Crippen molar-refractivity contribution in [3.8, 4) is 0 Å². The molecule has 0 radical (unpaired) electrons. The van der Waals surface area contributed by atoms with Crippen molar-refractivity contribution >= 4 is 120 Å². The van der Waals surface area contributed by atoms with Crippen LogP contribution in [0.15, 0.2) is 345 Å². The zero-order chi connectivity index (χ0) is 58.7. The van der Waals surface area contributed by atoms with Crippen molar-refractivity contribution in [2.75, 3.05) is 29.4 Å². The minimum Gasteiger partial charge on any atom is -0.315 e. The third-order valence-electron chi connectivity index (χ3n) is 18.1. The number of allylic oxidation sites excluding steroid dienone is 6. The van der Waals surface area contributed by atoms with Crippen LogP contribution >= 0.6 is 0 Å². The highest BCUT2D eigenvalue weighted by Crippen LogP contribution is 2.50. The zero-order valence-electron chi connectivity index (χ0n) is 49.1. The predicted molar refractivity (Wildman–Crippen MR) is 374 cm³/mol. The smallest absolute Gasteiger partial charge is 0.252 e. The van der Waals surface area contributed by atoms with Crippen molar-refractivity contribution in [1.29, 1.82) is 0 Å². The van der Waals surface area contributed by atoms with Crippen molar-refractivity contribution in [2.45, 2.75) is 19.7 Å². The van der Waals surface area contributed by atoms with Crippen molar-refractivity contribution in [1.82, 2.24) is 0 Å². The van der Waals surface area contributed by atoms with Gasteiger partial charge in [0.25, 0.3) is 6.71 Å². The Morgan fingerprint density at radius 3 is 1.33 bits per heavy atom. The van der Waals surface area contributed by atoms with Gasteiger partial charge in [-0.3, -0.25) is 0 Å². The molecule has 0 spiro atoms. The van der Waals surface area contributed by atoms with Crippen LogP contribution in [-0.4, -0.2) is 13.4 Å². The summed E-state index contributed by atoms with van der Waals surface area (Å²) in [5.41, 5.74) is 25.8. The molecule has 1 atom stereocenters. The average Bonchev–Trinajstić information content (AvgIpc) is 0.907. The van der Waals surface area contributed by atoms with Crippen LogP contribution < -0.4 is 56.7 Å². The lowest BCUT2D eigenvalue weighted by Crippen LogP contribution is -2.62. The second kappa shape index (κ2) is 22.2. The molecule has 418 valence electrons. The topological polar surface area (TPSA) is 19.4 Å². The van der Waals surface area contributed by atoms with E-state index in [2.05, 4.69) is 352 Å². The lowest BCUT2D eigenvalue weighted by Gasteiger charge is -2.46. The Kier molecular flexibility index (Phi) is 13.2. The molecule has 0 fully saturated rings. The van der Waals surface area contributed by atoms with Crippen LogP contribution in [0.25, 0.3) is 0 Å². The lowest BCUT2D eigenvalue weighted by molar-refractivity contribution is 0.728. The van der Waals surface area contributed by atoms with Gasteiger partial charge in [0, 0.05) is 96.7 Å². The van der Waals surface area contributed by atoms with Gasteiger partial charge in [-0.05, 0) is 169 Å². The van der Waals surface area contributed by atoms with Crippen LogP contribution in [0, 0.1) is 5.92 Å². The van der Waals surface area contributed by atoms with Gasteiger partial charge in [-0.1, -0.05) is 206 Å². The molecule has 11 aromatic rings. The summed E-state index contributed by atoms with van der Waals surface area (Å²) < 4.78 is 0. The first-order chi connectivity index (χ1) is 43.5. The second-order valence-corrected chi connectivity index (χ2v) is 23.4. The number of para-hydroxylation sites is 9. The van der Waals surface area contributed by atoms with Gasteiger partial charge in [0.05, 0.1) is 5.69 Å². The molecule has 4 aliphatic heterocycles. The van der Waals surface area contributed by atoms with E-state index in [4.69, 9.17) is 6.58 Å². The first-order valence-corrected chi connectivity index (χ1v) is 30.7. The van der Waals surface area contributed by atoms with E-state index in [9.17, 15) is 0 Å². The number of rotatable bonds is 10. The monoisotopic (exact) mass is 1130 g/mol. The maximum absolute atomic E-state index is 5.18. The fraction of sp³-hybridized carbons (Fsp3) is 0.0500. The van der Waals surface area contributed by atoms with E-state index in [1.807, 2.05) is 0 Å². The molecule has 88 heavy (non-hydrogen) atoms. The quantitative estimate of drug-likeness (QED) is 0.126. The summed E-state index contributed by atoms with van der Waals surface area (Å²) in [5.74, 6) is 0.447. The molecule has 0 saturated carbocycles. The van der Waals surface area contributed by atoms with Crippen molar-refractivity contribution in [3.63, 3.8) is 0 Å². The van der Waals surface area contributed by atoms with Crippen molar-refractivity contribution < 1.29 is 0 Å². The van der Waals surface area contributed by atoms with Crippen molar-refractivity contribution in [3.05, 3.63) is 345 Å². The molecule has 6 nitrogen and oxygen atoms in total. The summed E-state index contributed by atoms with van der Waals surface area (Å²) in [6.07, 6.45) is 13.5. The molecule has 0 aromatic heterocycles. The van der Waals surface area contributed by atoms with Gasteiger partial charge in [0.2, 0.25) is 6.71 Å². The maximum Gasteiger partial charge on any atom is 0.252 e. The molecule has 1 aliphatic carbocycles. The molecular formula is C80H62B2N6. The summed E-state index contributed by atoms with van der Waals surface area (Å²) in [6.45, 7) is 7.21. The third kappa shape index (κ3) is 9.07. The Bertz CT molecular complexity index is 4530. The van der Waals surface area contributed by atoms with Crippen LogP contribution in [-0.2, 0) is 0 Å². The largest absolute Gasteiger partial charge is 0.315 e. The van der Waals surface area contributed by atoms with Gasteiger partial charge in [-0.25, -0.2) is 0 Å². The Balaban J connectivity index is 1.02.